The van der Waals surface area contributed by atoms with Crippen molar-refractivity contribution >= 4 is 11.6 Å². The summed E-state index contributed by atoms with van der Waals surface area (Å²) in [6.45, 7) is 6.09. The minimum Gasteiger partial charge on any atom is -0.469 e. The van der Waals surface area contributed by atoms with Crippen LogP contribution in [0.2, 0.25) is 0 Å². The number of anilines is 1. The summed E-state index contributed by atoms with van der Waals surface area (Å²) in [5.74, 6) is 0.933. The summed E-state index contributed by atoms with van der Waals surface area (Å²) in [5, 5.41) is 2.97. The highest BCUT2D eigenvalue weighted by molar-refractivity contribution is 6.05. The van der Waals surface area contributed by atoms with Gasteiger partial charge < -0.3 is 9.73 Å². The molecule has 0 unspecified atom stereocenters. The van der Waals surface area contributed by atoms with E-state index in [0.717, 1.165) is 12.1 Å². The Morgan fingerprint density at radius 1 is 1.32 bits per heavy atom. The lowest BCUT2D eigenvalue weighted by Crippen LogP contribution is -2.14. The van der Waals surface area contributed by atoms with Gasteiger partial charge in [0, 0.05) is 5.69 Å². The second-order valence-corrected chi connectivity index (χ2v) is 4.74. The molecule has 1 atom stereocenters. The van der Waals surface area contributed by atoms with Gasteiger partial charge >= 0.3 is 0 Å². The van der Waals surface area contributed by atoms with E-state index in [1.165, 1.54) is 11.8 Å². The molecule has 1 aromatic carbocycles. The van der Waals surface area contributed by atoms with Crippen LogP contribution < -0.4 is 5.32 Å². The molecule has 19 heavy (non-hydrogen) atoms. The predicted molar refractivity (Wildman–Crippen MR) is 76.5 cm³/mol. The fourth-order valence-corrected chi connectivity index (χ4v) is 2.07. The van der Waals surface area contributed by atoms with Crippen molar-refractivity contribution in [3.63, 3.8) is 0 Å². The lowest BCUT2D eigenvalue weighted by atomic mass is 9.97. The molecule has 2 rings (SSSR count). The molecule has 1 aromatic heterocycles. The SMILES string of the molecule is CC[C@@H](C)c1ccccc1NC(=O)c1ccoc1C. The highest BCUT2D eigenvalue weighted by Gasteiger charge is 2.14. The van der Waals surface area contributed by atoms with Crippen molar-refractivity contribution < 1.29 is 9.21 Å². The Hall–Kier alpha value is -2.03. The van der Waals surface area contributed by atoms with Crippen LogP contribution in [0.5, 0.6) is 0 Å². The Balaban J connectivity index is 2.24. The van der Waals surface area contributed by atoms with Gasteiger partial charge in [-0.3, -0.25) is 4.79 Å². The molecule has 2 aromatic rings. The van der Waals surface area contributed by atoms with Gasteiger partial charge in [0.15, 0.2) is 0 Å². The molecule has 1 N–H and O–H groups in total. The molecule has 0 fully saturated rings. The Morgan fingerprint density at radius 3 is 2.68 bits per heavy atom. The molecule has 1 heterocycles. The topological polar surface area (TPSA) is 42.2 Å². The normalized spacial score (nSPS) is 12.2. The number of amides is 1. The van der Waals surface area contributed by atoms with Crippen molar-refractivity contribution in [3.8, 4) is 0 Å². The quantitative estimate of drug-likeness (QED) is 0.884. The third kappa shape index (κ3) is 2.87. The van der Waals surface area contributed by atoms with E-state index < -0.39 is 0 Å². The molecule has 3 heteroatoms. The fourth-order valence-electron chi connectivity index (χ4n) is 2.07. The van der Waals surface area contributed by atoms with Crippen LogP contribution in [-0.4, -0.2) is 5.91 Å². The van der Waals surface area contributed by atoms with Crippen molar-refractivity contribution in [2.75, 3.05) is 5.32 Å². The molecular formula is C16H19NO2. The second-order valence-electron chi connectivity index (χ2n) is 4.74. The van der Waals surface area contributed by atoms with Crippen LogP contribution in [0.3, 0.4) is 0 Å². The number of benzene rings is 1. The van der Waals surface area contributed by atoms with E-state index in [1.54, 1.807) is 13.0 Å². The summed E-state index contributed by atoms with van der Waals surface area (Å²) >= 11 is 0. The lowest BCUT2D eigenvalue weighted by Gasteiger charge is -2.15. The van der Waals surface area contributed by atoms with Crippen LogP contribution >= 0.6 is 0 Å². The predicted octanol–water partition coefficient (Wildman–Crippen LogP) is 4.35. The lowest BCUT2D eigenvalue weighted by molar-refractivity contribution is 0.102. The number of furan rings is 1. The summed E-state index contributed by atoms with van der Waals surface area (Å²) in [6.07, 6.45) is 2.57. The molecule has 0 saturated heterocycles. The summed E-state index contributed by atoms with van der Waals surface area (Å²) in [4.78, 5) is 12.2. The molecule has 0 bridgehead atoms. The van der Waals surface area contributed by atoms with Gasteiger partial charge in [0.25, 0.3) is 5.91 Å². The van der Waals surface area contributed by atoms with Gasteiger partial charge in [-0.25, -0.2) is 0 Å². The summed E-state index contributed by atoms with van der Waals surface area (Å²) in [6, 6.07) is 9.63. The van der Waals surface area contributed by atoms with Crippen LogP contribution in [0.25, 0.3) is 0 Å². The summed E-state index contributed by atoms with van der Waals surface area (Å²) in [7, 11) is 0. The number of hydrogen-bond donors (Lipinski definition) is 1. The van der Waals surface area contributed by atoms with Gasteiger partial charge in [0.1, 0.15) is 5.76 Å². The number of nitrogens with one attached hydrogen (secondary N) is 1. The molecule has 1 amide bonds. The largest absolute Gasteiger partial charge is 0.469 e. The zero-order valence-electron chi connectivity index (χ0n) is 11.6. The molecule has 0 aliphatic heterocycles. The van der Waals surface area contributed by atoms with Gasteiger partial charge in [0.05, 0.1) is 11.8 Å². The Bertz CT molecular complexity index is 572. The number of hydrogen-bond acceptors (Lipinski definition) is 2. The van der Waals surface area contributed by atoms with E-state index in [-0.39, 0.29) is 5.91 Å². The van der Waals surface area contributed by atoms with Crippen LogP contribution in [0, 0.1) is 6.92 Å². The Kier molecular flexibility index (Phi) is 4.05. The van der Waals surface area contributed by atoms with Crippen LogP contribution in [0.4, 0.5) is 5.69 Å². The monoisotopic (exact) mass is 257 g/mol. The zero-order chi connectivity index (χ0) is 13.8. The average Bonchev–Trinajstić information content (AvgIpc) is 2.85. The smallest absolute Gasteiger partial charge is 0.259 e. The molecular weight excluding hydrogens is 238 g/mol. The van der Waals surface area contributed by atoms with E-state index in [9.17, 15) is 4.79 Å². The molecule has 0 spiro atoms. The van der Waals surface area contributed by atoms with E-state index >= 15 is 0 Å². The highest BCUT2D eigenvalue weighted by atomic mass is 16.3. The van der Waals surface area contributed by atoms with Crippen molar-refractivity contribution in [1.29, 1.82) is 0 Å². The molecule has 100 valence electrons. The average molecular weight is 257 g/mol. The van der Waals surface area contributed by atoms with Crippen molar-refractivity contribution in [2.24, 2.45) is 0 Å². The Labute approximate surface area is 113 Å². The number of rotatable bonds is 4. The maximum absolute atomic E-state index is 12.2. The Morgan fingerprint density at radius 2 is 2.05 bits per heavy atom. The van der Waals surface area contributed by atoms with Crippen LogP contribution in [0.15, 0.2) is 41.0 Å². The third-order valence-electron chi connectivity index (χ3n) is 3.46. The summed E-state index contributed by atoms with van der Waals surface area (Å²) in [5.41, 5.74) is 2.63. The number of para-hydroxylation sites is 1. The van der Waals surface area contributed by atoms with E-state index in [2.05, 4.69) is 25.2 Å². The highest BCUT2D eigenvalue weighted by Crippen LogP contribution is 2.27. The van der Waals surface area contributed by atoms with E-state index in [0.29, 0.717) is 17.2 Å². The van der Waals surface area contributed by atoms with Crippen LogP contribution in [0.1, 0.15) is 47.9 Å². The molecule has 0 radical (unpaired) electrons. The molecule has 0 aliphatic rings. The molecule has 0 aliphatic carbocycles. The first-order valence-electron chi connectivity index (χ1n) is 6.57. The van der Waals surface area contributed by atoms with Gasteiger partial charge in [0.2, 0.25) is 0 Å². The van der Waals surface area contributed by atoms with E-state index in [4.69, 9.17) is 4.42 Å². The number of aryl methyl sites for hydroxylation is 1. The number of carbonyl (C=O) groups excluding carboxylic acids is 1. The third-order valence-corrected chi connectivity index (χ3v) is 3.46. The first-order chi connectivity index (χ1) is 9.13. The first kappa shape index (κ1) is 13.4. The standard InChI is InChI=1S/C16H19NO2/c1-4-11(2)13-7-5-6-8-15(13)17-16(18)14-9-10-19-12(14)3/h5-11H,4H2,1-3H3,(H,17,18)/t11-/m1/s1. The zero-order valence-corrected chi connectivity index (χ0v) is 11.6. The van der Waals surface area contributed by atoms with Crippen LogP contribution in [-0.2, 0) is 0 Å². The van der Waals surface area contributed by atoms with Crippen molar-refractivity contribution in [1.82, 2.24) is 0 Å². The minimum atomic E-state index is -0.123. The first-order valence-corrected chi connectivity index (χ1v) is 6.57. The fraction of sp³-hybridized carbons (Fsp3) is 0.312. The molecule has 0 saturated carbocycles. The second kappa shape index (κ2) is 5.74. The van der Waals surface area contributed by atoms with Gasteiger partial charge in [-0.2, -0.15) is 0 Å². The maximum atomic E-state index is 12.2. The van der Waals surface area contributed by atoms with Crippen molar-refractivity contribution in [3.05, 3.63) is 53.5 Å². The van der Waals surface area contributed by atoms with Gasteiger partial charge in [-0.05, 0) is 37.0 Å². The van der Waals surface area contributed by atoms with Gasteiger partial charge in [-0.1, -0.05) is 32.0 Å². The number of carbonyl (C=O) groups is 1. The van der Waals surface area contributed by atoms with Crippen molar-refractivity contribution in [2.45, 2.75) is 33.1 Å². The van der Waals surface area contributed by atoms with Gasteiger partial charge in [-0.15, -0.1) is 0 Å². The maximum Gasteiger partial charge on any atom is 0.259 e. The minimum absolute atomic E-state index is 0.123. The van der Waals surface area contributed by atoms with E-state index in [1.807, 2.05) is 18.2 Å². The summed E-state index contributed by atoms with van der Waals surface area (Å²) < 4.78 is 5.16. The molecule has 3 nitrogen and oxygen atoms in total.